The second kappa shape index (κ2) is 3.90. The van der Waals surface area contributed by atoms with Gasteiger partial charge in [0.15, 0.2) is 0 Å². The molecule has 2 aromatic heterocycles. The molecular weight excluding hydrogens is 256 g/mol. The van der Waals surface area contributed by atoms with Crippen LogP contribution in [0.3, 0.4) is 0 Å². The maximum absolute atomic E-state index is 12.7. The number of nitrogens with zero attached hydrogens (tertiary/aromatic N) is 2. The Morgan fingerprint density at radius 3 is 3.05 bits per heavy atom. The average Bonchev–Trinajstić information content (AvgIpc) is 2.62. The van der Waals surface area contributed by atoms with Gasteiger partial charge in [-0.1, -0.05) is 24.3 Å². The molecule has 1 aliphatic heterocycles. The van der Waals surface area contributed by atoms with Gasteiger partial charge in [-0.3, -0.25) is 9.36 Å². The Balaban J connectivity index is 2.24. The van der Waals surface area contributed by atoms with Crippen molar-refractivity contribution in [2.45, 2.75) is 6.42 Å². The predicted octanol–water partition coefficient (Wildman–Crippen LogP) is 1.17. The molecule has 3 heterocycles. The summed E-state index contributed by atoms with van der Waals surface area (Å²) in [5.41, 5.74) is 1.83. The number of rotatable bonds is 0. The van der Waals surface area contributed by atoms with Gasteiger partial charge in [-0.05, 0) is 30.2 Å². The smallest absolute Gasteiger partial charge is 0.266 e. The second-order valence-corrected chi connectivity index (χ2v) is 5.49. The van der Waals surface area contributed by atoms with E-state index in [2.05, 4.69) is 17.1 Å². The molecule has 0 bridgehead atoms. The number of allylic oxidation sites excluding steroid dienone is 5. The molecular formula is C15H10N2OS. The summed E-state index contributed by atoms with van der Waals surface area (Å²) < 4.78 is 2.77. The van der Waals surface area contributed by atoms with Crippen LogP contribution in [-0.4, -0.2) is 9.55 Å². The number of aromatic nitrogens is 2. The zero-order valence-corrected chi connectivity index (χ0v) is 10.9. The molecule has 0 N–H and O–H groups in total. The number of hydrogen-bond acceptors (Lipinski definition) is 3. The van der Waals surface area contributed by atoms with E-state index in [0.29, 0.717) is 5.48 Å². The lowest BCUT2D eigenvalue weighted by atomic mass is 10.1. The van der Waals surface area contributed by atoms with E-state index in [1.165, 1.54) is 0 Å². The molecule has 0 amide bonds. The summed E-state index contributed by atoms with van der Waals surface area (Å²) >= 11 is 1.59. The van der Waals surface area contributed by atoms with Gasteiger partial charge in [0.25, 0.3) is 5.56 Å². The lowest BCUT2D eigenvalue weighted by Crippen LogP contribution is -2.32. The Kier molecular flexibility index (Phi) is 2.19. The lowest BCUT2D eigenvalue weighted by molar-refractivity contribution is 0.965. The van der Waals surface area contributed by atoms with Crippen LogP contribution in [0.25, 0.3) is 28.6 Å². The fraction of sp³-hybridized carbons (Fsp3) is 0.0667. The van der Waals surface area contributed by atoms with Crippen molar-refractivity contribution in [3.63, 3.8) is 0 Å². The van der Waals surface area contributed by atoms with Crippen molar-refractivity contribution < 1.29 is 0 Å². The van der Waals surface area contributed by atoms with Crippen LogP contribution in [0.1, 0.15) is 5.56 Å². The minimum atomic E-state index is 0.0254. The van der Waals surface area contributed by atoms with Crippen LogP contribution < -0.4 is 15.6 Å². The Hall–Kier alpha value is -2.20. The molecule has 0 fully saturated rings. The standard InChI is InChI=1S/C15H10N2OS/c18-15-13-10-6-3-4-7-11(10)19-14(13)16-12-8-2-1-5-9-17(12)15/h1-5,7-9H,6H2. The van der Waals surface area contributed by atoms with Gasteiger partial charge in [-0.25, -0.2) is 4.98 Å². The van der Waals surface area contributed by atoms with Gasteiger partial charge in [0.2, 0.25) is 0 Å². The van der Waals surface area contributed by atoms with Crippen molar-refractivity contribution in [1.29, 1.82) is 0 Å². The molecule has 0 radical (unpaired) electrons. The maximum atomic E-state index is 12.7. The van der Waals surface area contributed by atoms with E-state index in [-0.39, 0.29) is 5.56 Å². The number of fused-ring (bicyclic) bond motifs is 4. The molecule has 4 heteroatoms. The molecule has 0 spiro atoms. The first-order valence-electron chi connectivity index (χ1n) is 6.10. The molecule has 92 valence electrons. The van der Waals surface area contributed by atoms with Crippen LogP contribution in [-0.2, 0) is 6.42 Å². The SMILES string of the molecule is O=c1c2c3c(sc2nc2n1C=CC=CC=2)=CC=CC3. The van der Waals surface area contributed by atoms with Crippen LogP contribution in [0.15, 0.2) is 35.2 Å². The van der Waals surface area contributed by atoms with Crippen molar-refractivity contribution in [1.82, 2.24) is 9.55 Å². The molecule has 0 unspecified atom stereocenters. The first kappa shape index (κ1) is 10.7. The Bertz CT molecular complexity index is 955. The third-order valence-electron chi connectivity index (χ3n) is 3.32. The van der Waals surface area contributed by atoms with Crippen molar-refractivity contribution in [3.05, 3.63) is 56.3 Å². The predicted molar refractivity (Wildman–Crippen MR) is 79.4 cm³/mol. The minimum Gasteiger partial charge on any atom is -0.268 e. The van der Waals surface area contributed by atoms with Gasteiger partial charge in [0, 0.05) is 10.7 Å². The summed E-state index contributed by atoms with van der Waals surface area (Å²) in [6.45, 7) is 0. The van der Waals surface area contributed by atoms with Gasteiger partial charge in [-0.2, -0.15) is 0 Å². The highest BCUT2D eigenvalue weighted by Crippen LogP contribution is 2.17. The normalized spacial score (nSPS) is 15.6. The van der Waals surface area contributed by atoms with Crippen molar-refractivity contribution in [2.75, 3.05) is 0 Å². The highest BCUT2D eigenvalue weighted by molar-refractivity contribution is 7.16. The summed E-state index contributed by atoms with van der Waals surface area (Å²) in [5.74, 6) is 0. The van der Waals surface area contributed by atoms with Crippen LogP contribution >= 0.6 is 11.3 Å². The van der Waals surface area contributed by atoms with Crippen molar-refractivity contribution >= 4 is 39.9 Å². The molecule has 0 saturated heterocycles. The molecule has 0 atom stereocenters. The zero-order chi connectivity index (χ0) is 12.8. The largest absolute Gasteiger partial charge is 0.268 e. The van der Waals surface area contributed by atoms with Gasteiger partial charge in [-0.15, -0.1) is 11.3 Å². The molecule has 3 nitrogen and oxygen atoms in total. The monoisotopic (exact) mass is 266 g/mol. The number of thiophene rings is 1. The molecule has 2 aromatic rings. The van der Waals surface area contributed by atoms with Gasteiger partial charge in [0.05, 0.1) is 5.39 Å². The van der Waals surface area contributed by atoms with E-state index < -0.39 is 0 Å². The van der Waals surface area contributed by atoms with Crippen LogP contribution in [0.4, 0.5) is 0 Å². The molecule has 1 aliphatic carbocycles. The summed E-state index contributed by atoms with van der Waals surface area (Å²) in [4.78, 5) is 18.1. The quantitative estimate of drug-likeness (QED) is 0.717. The Labute approximate surface area is 112 Å². The molecule has 0 aromatic carbocycles. The second-order valence-electron chi connectivity index (χ2n) is 4.46. The van der Waals surface area contributed by atoms with E-state index in [1.807, 2.05) is 30.4 Å². The summed E-state index contributed by atoms with van der Waals surface area (Å²) in [5, 5.41) is 0.768. The average molecular weight is 266 g/mol. The highest BCUT2D eigenvalue weighted by atomic mass is 32.1. The topological polar surface area (TPSA) is 34.9 Å². The van der Waals surface area contributed by atoms with Gasteiger partial charge in [0.1, 0.15) is 10.3 Å². The fourth-order valence-corrected chi connectivity index (χ4v) is 3.55. The van der Waals surface area contributed by atoms with E-state index in [1.54, 1.807) is 22.1 Å². The van der Waals surface area contributed by atoms with E-state index in [0.717, 1.165) is 26.7 Å². The number of hydrogen-bond donors (Lipinski definition) is 0. The first-order chi connectivity index (χ1) is 9.34. The summed E-state index contributed by atoms with van der Waals surface area (Å²) in [6.07, 6.45) is 16.3. The first-order valence-corrected chi connectivity index (χ1v) is 6.92. The fourth-order valence-electron chi connectivity index (χ4n) is 2.43. The third-order valence-corrected chi connectivity index (χ3v) is 4.41. The highest BCUT2D eigenvalue weighted by Gasteiger charge is 2.14. The van der Waals surface area contributed by atoms with E-state index in [9.17, 15) is 4.79 Å². The molecule has 2 aliphatic rings. The zero-order valence-electron chi connectivity index (χ0n) is 10.0. The van der Waals surface area contributed by atoms with E-state index in [4.69, 9.17) is 0 Å². The maximum Gasteiger partial charge on any atom is 0.266 e. The molecule has 19 heavy (non-hydrogen) atoms. The van der Waals surface area contributed by atoms with Crippen LogP contribution in [0.5, 0.6) is 0 Å². The van der Waals surface area contributed by atoms with Crippen LogP contribution in [0, 0.1) is 0 Å². The van der Waals surface area contributed by atoms with Gasteiger partial charge >= 0.3 is 0 Å². The third kappa shape index (κ3) is 1.50. The van der Waals surface area contributed by atoms with Crippen molar-refractivity contribution in [2.24, 2.45) is 0 Å². The Morgan fingerprint density at radius 1 is 1.16 bits per heavy atom. The molecule has 4 rings (SSSR count). The summed E-state index contributed by atoms with van der Waals surface area (Å²) in [6, 6.07) is 0. The molecule has 0 saturated carbocycles. The minimum absolute atomic E-state index is 0.0254. The van der Waals surface area contributed by atoms with Gasteiger partial charge < -0.3 is 0 Å². The van der Waals surface area contributed by atoms with Crippen LogP contribution in [0.2, 0.25) is 0 Å². The Morgan fingerprint density at radius 2 is 2.11 bits per heavy atom. The lowest BCUT2D eigenvalue weighted by Gasteiger charge is -2.01. The van der Waals surface area contributed by atoms with E-state index >= 15 is 0 Å². The van der Waals surface area contributed by atoms with Crippen molar-refractivity contribution in [3.8, 4) is 0 Å². The summed E-state index contributed by atoms with van der Waals surface area (Å²) in [7, 11) is 0.